The molecule has 6 heteroatoms. The maximum atomic E-state index is 13.2. The van der Waals surface area contributed by atoms with Crippen molar-refractivity contribution in [2.45, 2.75) is 0 Å². The van der Waals surface area contributed by atoms with E-state index >= 15 is 0 Å². The number of thiazole rings is 1. The van der Waals surface area contributed by atoms with Crippen LogP contribution < -0.4 is 14.4 Å². The molecule has 5 nitrogen and oxygen atoms in total. The van der Waals surface area contributed by atoms with Crippen LogP contribution in [0, 0.1) is 0 Å². The Kier molecular flexibility index (Phi) is 5.88. The quantitative estimate of drug-likeness (QED) is 0.560. The normalized spacial score (nSPS) is 10.3. The summed E-state index contributed by atoms with van der Waals surface area (Å²) >= 11 is 1.42. The number of hydrogen-bond donors (Lipinski definition) is 0. The van der Waals surface area contributed by atoms with E-state index in [9.17, 15) is 4.79 Å². The number of aromatic nitrogens is 1. The van der Waals surface area contributed by atoms with E-state index < -0.39 is 0 Å². The van der Waals surface area contributed by atoms with Gasteiger partial charge in [-0.05, 0) is 12.1 Å². The zero-order valence-electron chi connectivity index (χ0n) is 15.2. The number of benzene rings is 2. The molecule has 0 radical (unpaired) electrons. The van der Waals surface area contributed by atoms with Gasteiger partial charge in [0.15, 0.2) is 5.13 Å². The molecule has 0 aliphatic heterocycles. The summed E-state index contributed by atoms with van der Waals surface area (Å²) in [6.45, 7) is 4.12. The van der Waals surface area contributed by atoms with Gasteiger partial charge in [-0.3, -0.25) is 9.69 Å². The summed E-state index contributed by atoms with van der Waals surface area (Å²) in [7, 11) is 3.11. The molecule has 3 rings (SSSR count). The second-order valence-corrected chi connectivity index (χ2v) is 6.52. The monoisotopic (exact) mass is 380 g/mol. The van der Waals surface area contributed by atoms with Crippen LogP contribution in [-0.2, 0) is 0 Å². The summed E-state index contributed by atoms with van der Waals surface area (Å²) in [4.78, 5) is 19.4. The summed E-state index contributed by atoms with van der Waals surface area (Å²) in [6.07, 6.45) is 1.68. The van der Waals surface area contributed by atoms with Gasteiger partial charge in [0.1, 0.15) is 11.5 Å². The minimum absolute atomic E-state index is 0.193. The standard InChI is InChI=1S/C21H20N2O3S/c1-4-10-23(20(24)16-11-17(25-2)13-18(12-16)26-3)21-22-19(14-27-21)15-8-6-5-7-9-15/h4-9,11-14H,1,10H2,2-3H3. The smallest absolute Gasteiger partial charge is 0.260 e. The maximum absolute atomic E-state index is 13.2. The second kappa shape index (κ2) is 8.51. The van der Waals surface area contributed by atoms with Gasteiger partial charge in [0.25, 0.3) is 5.91 Å². The van der Waals surface area contributed by atoms with Crippen molar-refractivity contribution in [1.82, 2.24) is 4.98 Å². The van der Waals surface area contributed by atoms with Crippen molar-refractivity contribution in [3.63, 3.8) is 0 Å². The number of anilines is 1. The van der Waals surface area contributed by atoms with E-state index in [2.05, 4.69) is 11.6 Å². The topological polar surface area (TPSA) is 51.7 Å². The molecule has 0 unspecified atom stereocenters. The molecule has 0 saturated heterocycles. The first-order valence-electron chi connectivity index (χ1n) is 8.33. The highest BCUT2D eigenvalue weighted by Gasteiger charge is 2.21. The lowest BCUT2D eigenvalue weighted by molar-refractivity contribution is 0.0989. The zero-order chi connectivity index (χ0) is 19.2. The molecule has 0 N–H and O–H groups in total. The van der Waals surface area contributed by atoms with Gasteiger partial charge in [-0.1, -0.05) is 36.4 Å². The van der Waals surface area contributed by atoms with Crippen LogP contribution in [0.25, 0.3) is 11.3 Å². The van der Waals surface area contributed by atoms with Gasteiger partial charge < -0.3 is 9.47 Å². The Hall–Kier alpha value is -3.12. The van der Waals surface area contributed by atoms with Crippen LogP contribution in [0.1, 0.15) is 10.4 Å². The number of nitrogens with zero attached hydrogens (tertiary/aromatic N) is 2. The molecule has 0 bridgehead atoms. The molecule has 0 spiro atoms. The van der Waals surface area contributed by atoms with E-state index in [0.29, 0.717) is 28.7 Å². The first kappa shape index (κ1) is 18.7. The van der Waals surface area contributed by atoms with Crippen LogP contribution in [0.3, 0.4) is 0 Å². The summed E-state index contributed by atoms with van der Waals surface area (Å²) < 4.78 is 10.5. The van der Waals surface area contributed by atoms with Crippen LogP contribution >= 0.6 is 11.3 Å². The molecular formula is C21H20N2O3S. The second-order valence-electron chi connectivity index (χ2n) is 5.69. The van der Waals surface area contributed by atoms with Crippen molar-refractivity contribution in [3.8, 4) is 22.8 Å². The highest BCUT2D eigenvalue weighted by Crippen LogP contribution is 2.30. The van der Waals surface area contributed by atoms with Crippen LogP contribution in [0.2, 0.25) is 0 Å². The van der Waals surface area contributed by atoms with Gasteiger partial charge in [-0.25, -0.2) is 4.98 Å². The Morgan fingerprint density at radius 2 is 1.81 bits per heavy atom. The summed E-state index contributed by atoms with van der Waals surface area (Å²) in [6, 6.07) is 15.0. The molecule has 27 heavy (non-hydrogen) atoms. The lowest BCUT2D eigenvalue weighted by Gasteiger charge is -2.19. The summed E-state index contributed by atoms with van der Waals surface area (Å²) in [5.41, 5.74) is 2.30. The molecule has 0 atom stereocenters. The van der Waals surface area contributed by atoms with Crippen molar-refractivity contribution in [3.05, 3.63) is 72.1 Å². The Balaban J connectivity index is 1.95. The molecule has 1 aromatic heterocycles. The van der Waals surface area contributed by atoms with Gasteiger partial charge in [-0.15, -0.1) is 17.9 Å². The van der Waals surface area contributed by atoms with Gasteiger partial charge in [0, 0.05) is 29.1 Å². The molecule has 0 aliphatic rings. The molecule has 0 fully saturated rings. The first-order valence-corrected chi connectivity index (χ1v) is 9.21. The number of hydrogen-bond acceptors (Lipinski definition) is 5. The average Bonchev–Trinajstić information content (AvgIpc) is 3.21. The predicted molar refractivity (Wildman–Crippen MR) is 109 cm³/mol. The average molecular weight is 380 g/mol. The molecule has 1 heterocycles. The van der Waals surface area contributed by atoms with Crippen LogP contribution in [0.4, 0.5) is 5.13 Å². The lowest BCUT2D eigenvalue weighted by atomic mass is 10.1. The fraction of sp³-hybridized carbons (Fsp3) is 0.143. The van der Waals surface area contributed by atoms with Gasteiger partial charge >= 0.3 is 0 Å². The first-order chi connectivity index (χ1) is 13.2. The third kappa shape index (κ3) is 4.17. The zero-order valence-corrected chi connectivity index (χ0v) is 16.0. The number of ether oxygens (including phenoxy) is 2. The van der Waals surface area contributed by atoms with Crippen LogP contribution in [0.5, 0.6) is 11.5 Å². The fourth-order valence-corrected chi connectivity index (χ4v) is 3.44. The molecular weight excluding hydrogens is 360 g/mol. The van der Waals surface area contributed by atoms with E-state index in [1.54, 1.807) is 43.4 Å². The van der Waals surface area contributed by atoms with Crippen LogP contribution in [-0.4, -0.2) is 31.7 Å². The molecule has 3 aromatic rings. The third-order valence-electron chi connectivity index (χ3n) is 3.95. The predicted octanol–water partition coefficient (Wildman–Crippen LogP) is 4.66. The third-order valence-corrected chi connectivity index (χ3v) is 4.81. The highest BCUT2D eigenvalue weighted by atomic mass is 32.1. The van der Waals surface area contributed by atoms with E-state index in [4.69, 9.17) is 9.47 Å². The van der Waals surface area contributed by atoms with Crippen molar-refractivity contribution in [2.75, 3.05) is 25.7 Å². The van der Waals surface area contributed by atoms with E-state index in [1.165, 1.54) is 11.3 Å². The molecule has 0 saturated carbocycles. The number of carbonyl (C=O) groups is 1. The minimum Gasteiger partial charge on any atom is -0.497 e. The van der Waals surface area contributed by atoms with E-state index in [1.807, 2.05) is 35.7 Å². The van der Waals surface area contributed by atoms with E-state index in [-0.39, 0.29) is 5.91 Å². The van der Waals surface area contributed by atoms with Crippen molar-refractivity contribution >= 4 is 22.4 Å². The van der Waals surface area contributed by atoms with Gasteiger partial charge in [-0.2, -0.15) is 0 Å². The molecule has 1 amide bonds. The molecule has 0 aliphatic carbocycles. The van der Waals surface area contributed by atoms with Gasteiger partial charge in [0.2, 0.25) is 0 Å². The number of rotatable bonds is 7. The largest absolute Gasteiger partial charge is 0.497 e. The fourth-order valence-electron chi connectivity index (χ4n) is 2.59. The van der Waals surface area contributed by atoms with Crippen molar-refractivity contribution < 1.29 is 14.3 Å². The van der Waals surface area contributed by atoms with Crippen molar-refractivity contribution in [2.24, 2.45) is 0 Å². The highest BCUT2D eigenvalue weighted by molar-refractivity contribution is 7.14. The number of amides is 1. The molecule has 138 valence electrons. The Bertz CT molecular complexity index is 915. The Morgan fingerprint density at radius 1 is 1.15 bits per heavy atom. The minimum atomic E-state index is -0.193. The Morgan fingerprint density at radius 3 is 2.41 bits per heavy atom. The van der Waals surface area contributed by atoms with Crippen LogP contribution in [0.15, 0.2) is 66.6 Å². The Labute approximate surface area is 162 Å². The summed E-state index contributed by atoms with van der Waals surface area (Å²) in [5, 5.41) is 2.56. The lowest BCUT2D eigenvalue weighted by Crippen LogP contribution is -2.31. The SMILES string of the molecule is C=CCN(C(=O)c1cc(OC)cc(OC)c1)c1nc(-c2ccccc2)cs1. The number of carbonyl (C=O) groups excluding carboxylic acids is 1. The van der Waals surface area contributed by atoms with Gasteiger partial charge in [0.05, 0.1) is 19.9 Å². The van der Waals surface area contributed by atoms with E-state index in [0.717, 1.165) is 11.3 Å². The van der Waals surface area contributed by atoms with Crippen molar-refractivity contribution in [1.29, 1.82) is 0 Å². The maximum Gasteiger partial charge on any atom is 0.260 e. The number of methoxy groups -OCH3 is 2. The summed E-state index contributed by atoms with van der Waals surface area (Å²) in [5.74, 6) is 0.918. The molecule has 2 aromatic carbocycles.